The third-order valence-corrected chi connectivity index (χ3v) is 6.00. The Morgan fingerprint density at radius 1 is 0.903 bits per heavy atom. The molecule has 3 aromatic rings. The SMILES string of the molecule is C[C@]12C(=O)N(c3ccc(F)cc3)C(=O)[C@H]1ON(c1ccccc1)[C@@H]2c1ccccc1O. The minimum atomic E-state index is -1.32. The summed E-state index contributed by atoms with van der Waals surface area (Å²) in [5, 5.41) is 12.1. The zero-order valence-electron chi connectivity index (χ0n) is 16.6. The molecule has 0 bridgehead atoms. The standard InChI is InChI=1S/C24H19FN2O4/c1-24-20(18-9-5-6-10-19(18)28)27(17-7-3-2-4-8-17)31-21(24)22(29)26(23(24)30)16-13-11-15(25)12-14-16/h2-14,20-21,28H,1H3/t20-,21-,24-/m1/s1. The van der Waals surface area contributed by atoms with Gasteiger partial charge in [0.25, 0.3) is 5.91 Å². The number of aromatic hydroxyl groups is 1. The Balaban J connectivity index is 1.66. The molecule has 3 atom stereocenters. The number of fused-ring (bicyclic) bond motifs is 1. The molecule has 0 spiro atoms. The van der Waals surface area contributed by atoms with E-state index in [1.165, 1.54) is 35.4 Å². The van der Waals surface area contributed by atoms with Crippen LogP contribution in [0.5, 0.6) is 5.75 Å². The van der Waals surface area contributed by atoms with Crippen LogP contribution in [-0.2, 0) is 14.4 Å². The number of imide groups is 1. The Morgan fingerprint density at radius 3 is 2.23 bits per heavy atom. The highest BCUT2D eigenvalue weighted by atomic mass is 19.1. The molecule has 0 aromatic heterocycles. The number of anilines is 2. The molecule has 31 heavy (non-hydrogen) atoms. The summed E-state index contributed by atoms with van der Waals surface area (Å²) >= 11 is 0. The normalized spacial score (nSPS) is 25.2. The summed E-state index contributed by atoms with van der Waals surface area (Å²) in [6.07, 6.45) is -1.10. The van der Waals surface area contributed by atoms with Crippen molar-refractivity contribution in [3.8, 4) is 5.75 Å². The minimum absolute atomic E-state index is 0.000567. The van der Waals surface area contributed by atoms with Crippen molar-refractivity contribution in [2.75, 3.05) is 9.96 Å². The summed E-state index contributed by atoms with van der Waals surface area (Å²) in [4.78, 5) is 34.2. The van der Waals surface area contributed by atoms with Gasteiger partial charge in [0.15, 0.2) is 6.10 Å². The van der Waals surface area contributed by atoms with Crippen molar-refractivity contribution in [1.82, 2.24) is 0 Å². The van der Waals surface area contributed by atoms with E-state index in [0.29, 0.717) is 11.3 Å². The first kappa shape index (κ1) is 19.3. The lowest BCUT2D eigenvalue weighted by Crippen LogP contribution is -2.41. The van der Waals surface area contributed by atoms with Crippen molar-refractivity contribution in [3.63, 3.8) is 0 Å². The molecule has 2 aliphatic rings. The number of nitrogens with zero attached hydrogens (tertiary/aromatic N) is 2. The van der Waals surface area contributed by atoms with Crippen molar-refractivity contribution in [2.45, 2.75) is 19.1 Å². The molecule has 0 unspecified atom stereocenters. The Hall–Kier alpha value is -3.71. The molecule has 7 heteroatoms. The Labute approximate surface area is 178 Å². The van der Waals surface area contributed by atoms with E-state index in [-0.39, 0.29) is 11.4 Å². The Kier molecular flexibility index (Phi) is 4.30. The first-order chi connectivity index (χ1) is 14.9. The van der Waals surface area contributed by atoms with Crippen LogP contribution in [-0.4, -0.2) is 23.0 Å². The highest BCUT2D eigenvalue weighted by Gasteiger charge is 2.69. The summed E-state index contributed by atoms with van der Waals surface area (Å²) in [6.45, 7) is 1.67. The van der Waals surface area contributed by atoms with Gasteiger partial charge >= 0.3 is 0 Å². The molecule has 2 fully saturated rings. The van der Waals surface area contributed by atoms with E-state index in [9.17, 15) is 19.1 Å². The Morgan fingerprint density at radius 2 is 1.55 bits per heavy atom. The van der Waals surface area contributed by atoms with Gasteiger partial charge in [0, 0.05) is 5.56 Å². The third-order valence-electron chi connectivity index (χ3n) is 6.00. The fourth-order valence-electron chi connectivity index (χ4n) is 4.45. The molecule has 2 amide bonds. The highest BCUT2D eigenvalue weighted by Crippen LogP contribution is 2.56. The van der Waals surface area contributed by atoms with Gasteiger partial charge in [-0.15, -0.1) is 0 Å². The maximum Gasteiger partial charge on any atom is 0.266 e. The van der Waals surface area contributed by atoms with Gasteiger partial charge in [-0.05, 0) is 49.4 Å². The van der Waals surface area contributed by atoms with Crippen molar-refractivity contribution in [3.05, 3.63) is 90.2 Å². The minimum Gasteiger partial charge on any atom is -0.508 e. The smallest absolute Gasteiger partial charge is 0.266 e. The van der Waals surface area contributed by atoms with Crippen LogP contribution in [0.15, 0.2) is 78.9 Å². The number of hydrogen-bond donors (Lipinski definition) is 1. The van der Waals surface area contributed by atoms with Gasteiger partial charge in [-0.3, -0.25) is 14.4 Å². The zero-order valence-corrected chi connectivity index (χ0v) is 16.6. The average molecular weight is 418 g/mol. The van der Waals surface area contributed by atoms with Gasteiger partial charge in [-0.1, -0.05) is 36.4 Å². The van der Waals surface area contributed by atoms with Crippen LogP contribution in [0.1, 0.15) is 18.5 Å². The molecule has 1 N–H and O–H groups in total. The molecule has 0 aliphatic carbocycles. The van der Waals surface area contributed by atoms with Gasteiger partial charge in [0.2, 0.25) is 5.91 Å². The maximum absolute atomic E-state index is 13.7. The summed E-state index contributed by atoms with van der Waals surface area (Å²) in [6, 6.07) is 20.2. The highest BCUT2D eigenvalue weighted by molar-refractivity contribution is 6.25. The number of carbonyl (C=O) groups is 2. The third kappa shape index (κ3) is 2.74. The largest absolute Gasteiger partial charge is 0.508 e. The maximum atomic E-state index is 13.7. The van der Waals surface area contributed by atoms with Crippen LogP contribution in [0.3, 0.4) is 0 Å². The van der Waals surface area contributed by atoms with E-state index < -0.39 is 35.2 Å². The van der Waals surface area contributed by atoms with E-state index in [0.717, 1.165) is 4.90 Å². The van der Waals surface area contributed by atoms with Crippen LogP contribution < -0.4 is 9.96 Å². The molecule has 0 radical (unpaired) electrons. The van der Waals surface area contributed by atoms with Crippen LogP contribution in [0, 0.1) is 11.2 Å². The first-order valence-electron chi connectivity index (χ1n) is 9.86. The van der Waals surface area contributed by atoms with Gasteiger partial charge in [-0.2, -0.15) is 0 Å². The van der Waals surface area contributed by atoms with Crippen LogP contribution in [0.25, 0.3) is 0 Å². The summed E-state index contributed by atoms with van der Waals surface area (Å²) in [7, 11) is 0. The summed E-state index contributed by atoms with van der Waals surface area (Å²) in [5.74, 6) is -1.47. The summed E-state index contributed by atoms with van der Waals surface area (Å²) < 4.78 is 13.4. The number of benzene rings is 3. The molecule has 3 aromatic carbocycles. The lowest BCUT2D eigenvalue weighted by Gasteiger charge is -2.33. The molecule has 2 aliphatic heterocycles. The molecule has 5 rings (SSSR count). The van der Waals surface area contributed by atoms with Gasteiger partial charge in [-0.25, -0.2) is 14.4 Å². The lowest BCUT2D eigenvalue weighted by molar-refractivity contribution is -0.128. The van der Waals surface area contributed by atoms with E-state index in [1.54, 1.807) is 25.1 Å². The molecule has 2 heterocycles. The molecular formula is C24H19FN2O4. The predicted octanol–water partition coefficient (Wildman–Crippen LogP) is 3.97. The molecule has 6 nitrogen and oxygen atoms in total. The molecule has 2 saturated heterocycles. The second-order valence-corrected chi connectivity index (χ2v) is 7.85. The van der Waals surface area contributed by atoms with Gasteiger partial charge in [0.1, 0.15) is 23.0 Å². The van der Waals surface area contributed by atoms with Crippen molar-refractivity contribution >= 4 is 23.2 Å². The predicted molar refractivity (Wildman–Crippen MR) is 112 cm³/mol. The van der Waals surface area contributed by atoms with Crippen molar-refractivity contribution in [2.24, 2.45) is 5.41 Å². The average Bonchev–Trinajstić information content (AvgIpc) is 3.19. The van der Waals surface area contributed by atoms with Crippen molar-refractivity contribution in [1.29, 1.82) is 0 Å². The van der Waals surface area contributed by atoms with E-state index in [4.69, 9.17) is 4.84 Å². The number of hydrogen-bond acceptors (Lipinski definition) is 5. The molecule has 0 saturated carbocycles. The lowest BCUT2D eigenvalue weighted by atomic mass is 9.76. The van der Waals surface area contributed by atoms with E-state index >= 15 is 0 Å². The first-order valence-corrected chi connectivity index (χ1v) is 9.86. The Bertz CT molecular complexity index is 1170. The quantitative estimate of drug-likeness (QED) is 0.652. The van der Waals surface area contributed by atoms with Crippen LogP contribution in [0.4, 0.5) is 15.8 Å². The van der Waals surface area contributed by atoms with Crippen LogP contribution >= 0.6 is 0 Å². The fourth-order valence-corrected chi connectivity index (χ4v) is 4.45. The van der Waals surface area contributed by atoms with Crippen molar-refractivity contribution < 1.29 is 23.9 Å². The van der Waals surface area contributed by atoms with E-state index in [2.05, 4.69) is 0 Å². The second kappa shape index (κ2) is 6.92. The number of halogens is 1. The van der Waals surface area contributed by atoms with Gasteiger partial charge < -0.3 is 5.11 Å². The van der Waals surface area contributed by atoms with E-state index in [1.807, 2.05) is 30.3 Å². The fraction of sp³-hybridized carbons (Fsp3) is 0.167. The number of amides is 2. The summed E-state index contributed by atoms with van der Waals surface area (Å²) in [5.41, 5.74) is 0.0804. The number of carbonyl (C=O) groups excluding carboxylic acids is 2. The number of hydroxylamine groups is 1. The number of phenolic OH excluding ortho intramolecular Hbond substituents is 1. The topological polar surface area (TPSA) is 70.1 Å². The number of phenols is 1. The molecule has 156 valence electrons. The second-order valence-electron chi connectivity index (χ2n) is 7.85. The zero-order chi connectivity index (χ0) is 21.8. The van der Waals surface area contributed by atoms with Crippen LogP contribution in [0.2, 0.25) is 0 Å². The molecular weight excluding hydrogens is 399 g/mol. The number of para-hydroxylation sites is 2. The number of rotatable bonds is 3. The van der Waals surface area contributed by atoms with Gasteiger partial charge in [0.05, 0.1) is 11.4 Å². The monoisotopic (exact) mass is 418 g/mol.